The molecular formula is C18H31ClN2. The maximum absolute atomic E-state index is 6.00. The molecule has 1 aromatic rings. The van der Waals surface area contributed by atoms with Crippen LogP contribution in [0.5, 0.6) is 0 Å². The maximum atomic E-state index is 6.00. The van der Waals surface area contributed by atoms with Crippen LogP contribution in [0.4, 0.5) is 0 Å². The molecule has 0 aliphatic rings. The predicted molar refractivity (Wildman–Crippen MR) is 94.1 cm³/mol. The Labute approximate surface area is 135 Å². The average Bonchev–Trinajstić information content (AvgIpc) is 2.49. The van der Waals surface area contributed by atoms with Gasteiger partial charge in [-0.1, -0.05) is 44.5 Å². The first-order valence-electron chi connectivity index (χ1n) is 8.42. The van der Waals surface area contributed by atoms with Crippen LogP contribution in [0.15, 0.2) is 24.3 Å². The quantitative estimate of drug-likeness (QED) is 0.626. The van der Waals surface area contributed by atoms with Crippen molar-refractivity contribution in [1.29, 1.82) is 0 Å². The van der Waals surface area contributed by atoms with Gasteiger partial charge in [-0.2, -0.15) is 0 Å². The molecular weight excluding hydrogens is 280 g/mol. The van der Waals surface area contributed by atoms with Crippen LogP contribution < -0.4 is 5.32 Å². The highest BCUT2D eigenvalue weighted by atomic mass is 35.5. The van der Waals surface area contributed by atoms with Crippen LogP contribution in [0.1, 0.15) is 58.1 Å². The van der Waals surface area contributed by atoms with E-state index in [0.29, 0.717) is 6.04 Å². The molecule has 0 radical (unpaired) electrons. The Morgan fingerprint density at radius 3 is 2.10 bits per heavy atom. The van der Waals surface area contributed by atoms with Gasteiger partial charge in [0.15, 0.2) is 0 Å². The van der Waals surface area contributed by atoms with Gasteiger partial charge >= 0.3 is 0 Å². The highest BCUT2D eigenvalue weighted by Gasteiger charge is 2.12. The van der Waals surface area contributed by atoms with Crippen molar-refractivity contribution in [2.45, 2.75) is 52.5 Å². The first kappa shape index (κ1) is 18.5. The first-order valence-corrected chi connectivity index (χ1v) is 8.80. The van der Waals surface area contributed by atoms with Gasteiger partial charge < -0.3 is 10.2 Å². The summed E-state index contributed by atoms with van der Waals surface area (Å²) in [7, 11) is 0. The lowest BCUT2D eigenvalue weighted by Crippen LogP contribution is -2.31. The van der Waals surface area contributed by atoms with E-state index in [1.165, 1.54) is 31.5 Å². The highest BCUT2D eigenvalue weighted by molar-refractivity contribution is 6.30. The molecule has 1 rings (SSSR count). The standard InChI is InChI=1S/C18H31ClN2/c1-4-12-20-18(16-7-9-17(19)10-8-16)11-15-21(13-5-2)14-6-3/h7-10,18,20H,4-6,11-15H2,1-3H3. The Kier molecular flexibility index (Phi) is 9.73. The van der Waals surface area contributed by atoms with E-state index < -0.39 is 0 Å². The Morgan fingerprint density at radius 2 is 1.57 bits per heavy atom. The smallest absolute Gasteiger partial charge is 0.0406 e. The zero-order valence-electron chi connectivity index (χ0n) is 13.9. The van der Waals surface area contributed by atoms with Gasteiger partial charge in [-0.25, -0.2) is 0 Å². The number of hydrogen-bond acceptors (Lipinski definition) is 2. The number of rotatable bonds is 11. The van der Waals surface area contributed by atoms with Crippen molar-refractivity contribution in [3.8, 4) is 0 Å². The van der Waals surface area contributed by atoms with Gasteiger partial charge in [0.2, 0.25) is 0 Å². The Morgan fingerprint density at radius 1 is 0.952 bits per heavy atom. The van der Waals surface area contributed by atoms with Crippen LogP contribution in [0.25, 0.3) is 0 Å². The summed E-state index contributed by atoms with van der Waals surface area (Å²) in [5.41, 5.74) is 1.35. The maximum Gasteiger partial charge on any atom is 0.0406 e. The van der Waals surface area contributed by atoms with Crippen molar-refractivity contribution >= 4 is 11.6 Å². The summed E-state index contributed by atoms with van der Waals surface area (Å²) < 4.78 is 0. The number of halogens is 1. The van der Waals surface area contributed by atoms with Crippen molar-refractivity contribution in [2.75, 3.05) is 26.2 Å². The lowest BCUT2D eigenvalue weighted by Gasteiger charge is -2.25. The van der Waals surface area contributed by atoms with Gasteiger partial charge in [-0.3, -0.25) is 0 Å². The molecule has 0 bridgehead atoms. The van der Waals surface area contributed by atoms with E-state index in [-0.39, 0.29) is 0 Å². The molecule has 0 fully saturated rings. The third-order valence-corrected chi connectivity index (χ3v) is 3.98. The molecule has 120 valence electrons. The Bertz CT molecular complexity index is 358. The highest BCUT2D eigenvalue weighted by Crippen LogP contribution is 2.20. The van der Waals surface area contributed by atoms with Gasteiger partial charge in [-0.05, 0) is 69.6 Å². The lowest BCUT2D eigenvalue weighted by atomic mass is 10.0. The summed E-state index contributed by atoms with van der Waals surface area (Å²) in [6.07, 6.45) is 4.78. The molecule has 1 atom stereocenters. The lowest BCUT2D eigenvalue weighted by molar-refractivity contribution is 0.257. The fourth-order valence-electron chi connectivity index (χ4n) is 2.68. The van der Waals surface area contributed by atoms with Crippen molar-refractivity contribution < 1.29 is 0 Å². The normalized spacial score (nSPS) is 12.8. The molecule has 0 heterocycles. The second kappa shape index (κ2) is 11.1. The largest absolute Gasteiger partial charge is 0.310 e. The molecule has 0 aliphatic carbocycles. The van der Waals surface area contributed by atoms with Crippen LogP contribution in [-0.2, 0) is 0 Å². The molecule has 0 saturated heterocycles. The summed E-state index contributed by atoms with van der Waals surface area (Å²) in [5.74, 6) is 0. The van der Waals surface area contributed by atoms with Gasteiger partial charge in [0.05, 0.1) is 0 Å². The van der Waals surface area contributed by atoms with Gasteiger partial charge in [-0.15, -0.1) is 0 Å². The number of nitrogens with one attached hydrogen (secondary N) is 1. The van der Waals surface area contributed by atoms with Crippen LogP contribution in [-0.4, -0.2) is 31.1 Å². The molecule has 0 spiro atoms. The van der Waals surface area contributed by atoms with E-state index in [1.807, 2.05) is 12.1 Å². The second-order valence-corrected chi connectivity index (χ2v) is 6.13. The van der Waals surface area contributed by atoms with Crippen molar-refractivity contribution in [3.05, 3.63) is 34.9 Å². The molecule has 3 heteroatoms. The summed E-state index contributed by atoms with van der Waals surface area (Å²) >= 11 is 6.00. The third kappa shape index (κ3) is 7.30. The van der Waals surface area contributed by atoms with E-state index in [0.717, 1.165) is 31.0 Å². The minimum atomic E-state index is 0.429. The molecule has 0 aliphatic heterocycles. The topological polar surface area (TPSA) is 15.3 Å². The van der Waals surface area contributed by atoms with Crippen LogP contribution in [0.3, 0.4) is 0 Å². The van der Waals surface area contributed by atoms with Crippen LogP contribution >= 0.6 is 11.6 Å². The molecule has 0 amide bonds. The Hall–Kier alpha value is -0.570. The van der Waals surface area contributed by atoms with Gasteiger partial charge in [0.1, 0.15) is 0 Å². The summed E-state index contributed by atoms with van der Waals surface area (Å²) in [4.78, 5) is 2.58. The van der Waals surface area contributed by atoms with E-state index in [9.17, 15) is 0 Å². The van der Waals surface area contributed by atoms with Crippen molar-refractivity contribution in [3.63, 3.8) is 0 Å². The zero-order chi connectivity index (χ0) is 15.5. The molecule has 21 heavy (non-hydrogen) atoms. The van der Waals surface area contributed by atoms with E-state index in [1.54, 1.807) is 0 Å². The predicted octanol–water partition coefficient (Wildman–Crippen LogP) is 4.89. The minimum Gasteiger partial charge on any atom is -0.310 e. The fourth-order valence-corrected chi connectivity index (χ4v) is 2.81. The summed E-state index contributed by atoms with van der Waals surface area (Å²) in [5, 5.41) is 4.49. The van der Waals surface area contributed by atoms with E-state index in [2.05, 4.69) is 43.1 Å². The van der Waals surface area contributed by atoms with Crippen LogP contribution in [0, 0.1) is 0 Å². The Balaban J connectivity index is 2.62. The minimum absolute atomic E-state index is 0.429. The number of nitrogens with zero attached hydrogens (tertiary/aromatic N) is 1. The van der Waals surface area contributed by atoms with Crippen molar-refractivity contribution in [2.24, 2.45) is 0 Å². The molecule has 1 unspecified atom stereocenters. The number of benzene rings is 1. The zero-order valence-corrected chi connectivity index (χ0v) is 14.6. The first-order chi connectivity index (χ1) is 10.2. The monoisotopic (exact) mass is 310 g/mol. The molecule has 2 nitrogen and oxygen atoms in total. The molecule has 1 aromatic carbocycles. The average molecular weight is 311 g/mol. The summed E-state index contributed by atoms with van der Waals surface area (Å²) in [6.45, 7) is 11.4. The van der Waals surface area contributed by atoms with Gasteiger partial charge in [0, 0.05) is 11.1 Å². The molecule has 0 saturated carbocycles. The number of hydrogen-bond donors (Lipinski definition) is 1. The van der Waals surface area contributed by atoms with Crippen molar-refractivity contribution in [1.82, 2.24) is 10.2 Å². The van der Waals surface area contributed by atoms with Crippen LogP contribution in [0.2, 0.25) is 5.02 Å². The van der Waals surface area contributed by atoms with E-state index >= 15 is 0 Å². The molecule has 0 aromatic heterocycles. The SMILES string of the molecule is CCCNC(CCN(CCC)CCC)c1ccc(Cl)cc1. The molecule has 1 N–H and O–H groups in total. The van der Waals surface area contributed by atoms with E-state index in [4.69, 9.17) is 11.6 Å². The second-order valence-electron chi connectivity index (χ2n) is 5.69. The third-order valence-electron chi connectivity index (χ3n) is 3.73. The fraction of sp³-hybridized carbons (Fsp3) is 0.667. The summed E-state index contributed by atoms with van der Waals surface area (Å²) in [6, 6.07) is 8.72. The van der Waals surface area contributed by atoms with Gasteiger partial charge in [0.25, 0.3) is 0 Å².